The van der Waals surface area contributed by atoms with Crippen LogP contribution in [0, 0.1) is 5.92 Å². The zero-order valence-corrected chi connectivity index (χ0v) is 5.41. The minimum Gasteiger partial charge on any atom is -0.0709 e. The fourth-order valence-corrected chi connectivity index (χ4v) is 1.83. The smallest absolute Gasteiger partial charge is 0.0160 e. The van der Waals surface area contributed by atoms with E-state index in [1.54, 1.807) is 5.57 Å². The maximum absolute atomic E-state index is 2.28. The molecule has 1 atom stereocenters. The molecule has 0 radical (unpaired) electrons. The lowest BCUT2D eigenvalue weighted by molar-refractivity contribution is 0.763. The fraction of sp³-hybridized carbons (Fsp3) is 0.750. The van der Waals surface area contributed by atoms with Gasteiger partial charge in [0.15, 0.2) is 0 Å². The van der Waals surface area contributed by atoms with Gasteiger partial charge in [0.1, 0.15) is 0 Å². The monoisotopic (exact) mass is 108 g/mol. The van der Waals surface area contributed by atoms with Crippen LogP contribution in [-0.2, 0) is 0 Å². The van der Waals surface area contributed by atoms with Crippen molar-refractivity contribution in [3.63, 3.8) is 0 Å². The molecule has 44 valence electrons. The topological polar surface area (TPSA) is 0 Å². The highest BCUT2D eigenvalue weighted by Gasteiger charge is 2.36. The third-order valence-electron chi connectivity index (χ3n) is 2.47. The summed E-state index contributed by atoms with van der Waals surface area (Å²) in [5.74, 6) is 1.07. The lowest BCUT2D eigenvalue weighted by Gasteiger charge is -1.93. The highest BCUT2D eigenvalue weighted by Crippen LogP contribution is 2.51. The Morgan fingerprint density at radius 3 is 2.75 bits per heavy atom. The largest absolute Gasteiger partial charge is 0.0709 e. The molecule has 0 spiro atoms. The van der Waals surface area contributed by atoms with E-state index in [1.807, 2.05) is 5.57 Å². The number of hydrogen-bond donors (Lipinski definition) is 0. The summed E-state index contributed by atoms with van der Waals surface area (Å²) in [6.07, 6.45) is 5.70. The Balaban J connectivity index is 2.21. The minimum absolute atomic E-state index is 1.07. The molecule has 0 N–H and O–H groups in total. The molecule has 0 amide bonds. The quantitative estimate of drug-likeness (QED) is 0.453. The van der Waals surface area contributed by atoms with Gasteiger partial charge in [0, 0.05) is 0 Å². The van der Waals surface area contributed by atoms with Gasteiger partial charge in [-0.15, -0.1) is 0 Å². The lowest BCUT2D eigenvalue weighted by Crippen LogP contribution is -1.74. The first-order valence-corrected chi connectivity index (χ1v) is 3.62. The highest BCUT2D eigenvalue weighted by molar-refractivity contribution is 5.34. The van der Waals surface area contributed by atoms with Gasteiger partial charge in [-0.1, -0.05) is 18.1 Å². The first kappa shape index (κ1) is 4.60. The van der Waals surface area contributed by atoms with Gasteiger partial charge in [-0.05, 0) is 31.6 Å². The average Bonchev–Trinajstić information content (AvgIpc) is 2.46. The van der Waals surface area contributed by atoms with Gasteiger partial charge in [0.2, 0.25) is 0 Å². The number of hydrogen-bond acceptors (Lipinski definition) is 0. The molecule has 0 nitrogen and oxygen atoms in total. The van der Waals surface area contributed by atoms with E-state index in [9.17, 15) is 0 Å². The van der Waals surface area contributed by atoms with Crippen molar-refractivity contribution < 1.29 is 0 Å². The van der Waals surface area contributed by atoms with E-state index in [4.69, 9.17) is 0 Å². The van der Waals surface area contributed by atoms with Crippen LogP contribution in [0.1, 0.15) is 32.6 Å². The minimum atomic E-state index is 1.07. The molecule has 1 unspecified atom stereocenters. The van der Waals surface area contributed by atoms with Gasteiger partial charge < -0.3 is 0 Å². The summed E-state index contributed by atoms with van der Waals surface area (Å²) in [6.45, 7) is 2.28. The Morgan fingerprint density at radius 1 is 1.62 bits per heavy atom. The summed E-state index contributed by atoms with van der Waals surface area (Å²) in [4.78, 5) is 0. The number of rotatable bonds is 1. The second kappa shape index (κ2) is 1.37. The van der Waals surface area contributed by atoms with E-state index in [2.05, 4.69) is 6.92 Å². The predicted octanol–water partition coefficient (Wildman–Crippen LogP) is 2.51. The van der Waals surface area contributed by atoms with Crippen LogP contribution in [0.3, 0.4) is 0 Å². The zero-order valence-electron chi connectivity index (χ0n) is 5.41. The van der Waals surface area contributed by atoms with Crippen molar-refractivity contribution in [2.24, 2.45) is 5.92 Å². The van der Waals surface area contributed by atoms with Crippen LogP contribution in [0.25, 0.3) is 0 Å². The van der Waals surface area contributed by atoms with Crippen molar-refractivity contribution >= 4 is 0 Å². The fourth-order valence-electron chi connectivity index (χ4n) is 1.83. The molecule has 2 aliphatic carbocycles. The molecule has 0 saturated heterocycles. The van der Waals surface area contributed by atoms with Crippen LogP contribution in [0.5, 0.6) is 0 Å². The van der Waals surface area contributed by atoms with Crippen LogP contribution >= 0.6 is 0 Å². The van der Waals surface area contributed by atoms with Crippen LogP contribution in [0.4, 0.5) is 0 Å². The van der Waals surface area contributed by atoms with Gasteiger partial charge >= 0.3 is 0 Å². The van der Waals surface area contributed by atoms with E-state index >= 15 is 0 Å². The standard InChI is InChI=1S/C8H12/c1-2-6-3-4-7-5-8(6)7/h7H,2-5H2,1H3. The van der Waals surface area contributed by atoms with Crippen molar-refractivity contribution in [3.8, 4) is 0 Å². The van der Waals surface area contributed by atoms with Crippen molar-refractivity contribution in [3.05, 3.63) is 11.1 Å². The summed E-state index contributed by atoms with van der Waals surface area (Å²) in [7, 11) is 0. The van der Waals surface area contributed by atoms with E-state index < -0.39 is 0 Å². The van der Waals surface area contributed by atoms with E-state index in [0.717, 1.165) is 5.92 Å². The Hall–Kier alpha value is -0.260. The second-order valence-corrected chi connectivity index (χ2v) is 2.92. The van der Waals surface area contributed by atoms with Gasteiger partial charge in [0.25, 0.3) is 0 Å². The molecule has 0 bridgehead atoms. The predicted molar refractivity (Wildman–Crippen MR) is 34.7 cm³/mol. The lowest BCUT2D eigenvalue weighted by atomic mass is 10.1. The van der Waals surface area contributed by atoms with Crippen molar-refractivity contribution in [1.29, 1.82) is 0 Å². The van der Waals surface area contributed by atoms with Crippen LogP contribution in [0.2, 0.25) is 0 Å². The van der Waals surface area contributed by atoms with E-state index in [-0.39, 0.29) is 0 Å². The van der Waals surface area contributed by atoms with Crippen molar-refractivity contribution in [1.82, 2.24) is 0 Å². The Morgan fingerprint density at radius 2 is 2.50 bits per heavy atom. The molecule has 0 aromatic heterocycles. The SMILES string of the molecule is CCC1=C2CC2CC1. The molecule has 2 aliphatic rings. The highest BCUT2D eigenvalue weighted by atomic mass is 14.4. The summed E-state index contributed by atoms with van der Waals surface area (Å²) >= 11 is 0. The molecule has 0 heteroatoms. The first-order valence-electron chi connectivity index (χ1n) is 3.62. The average molecular weight is 108 g/mol. The van der Waals surface area contributed by atoms with E-state index in [1.165, 1.54) is 25.7 Å². The maximum Gasteiger partial charge on any atom is -0.0160 e. The molecule has 0 aromatic carbocycles. The van der Waals surface area contributed by atoms with Crippen molar-refractivity contribution in [2.45, 2.75) is 32.6 Å². The Labute approximate surface area is 50.6 Å². The third-order valence-corrected chi connectivity index (χ3v) is 2.47. The van der Waals surface area contributed by atoms with Crippen molar-refractivity contribution in [2.75, 3.05) is 0 Å². The maximum atomic E-state index is 2.28. The molecule has 0 aliphatic heterocycles. The first-order chi connectivity index (χ1) is 3.92. The summed E-state index contributed by atoms with van der Waals surface area (Å²) in [5.41, 5.74) is 3.61. The van der Waals surface area contributed by atoms with Gasteiger partial charge in [-0.25, -0.2) is 0 Å². The normalized spacial score (nSPS) is 33.4. The molecule has 8 heavy (non-hydrogen) atoms. The molecular weight excluding hydrogens is 96.1 g/mol. The van der Waals surface area contributed by atoms with Crippen LogP contribution < -0.4 is 0 Å². The molecule has 0 aromatic rings. The van der Waals surface area contributed by atoms with Crippen LogP contribution in [0.15, 0.2) is 11.1 Å². The van der Waals surface area contributed by atoms with E-state index in [0.29, 0.717) is 0 Å². The van der Waals surface area contributed by atoms with Gasteiger partial charge in [0.05, 0.1) is 0 Å². The molecule has 0 heterocycles. The number of fused-ring (bicyclic) bond motifs is 1. The Kier molecular flexibility index (Phi) is 0.787. The summed E-state index contributed by atoms with van der Waals surface area (Å²) < 4.78 is 0. The second-order valence-electron chi connectivity index (χ2n) is 2.92. The summed E-state index contributed by atoms with van der Waals surface area (Å²) in [5, 5.41) is 0. The molecular formula is C8H12. The zero-order chi connectivity index (χ0) is 5.56. The van der Waals surface area contributed by atoms with Gasteiger partial charge in [-0.2, -0.15) is 0 Å². The van der Waals surface area contributed by atoms with Gasteiger partial charge in [-0.3, -0.25) is 0 Å². The summed E-state index contributed by atoms with van der Waals surface area (Å²) in [6, 6.07) is 0. The third kappa shape index (κ3) is 0.460. The molecule has 2 rings (SSSR count). The van der Waals surface area contributed by atoms with Crippen LogP contribution in [-0.4, -0.2) is 0 Å². The Bertz CT molecular complexity index is 142. The number of allylic oxidation sites excluding steroid dienone is 2. The molecule has 1 saturated carbocycles. The molecule has 1 fully saturated rings.